The molecule has 4 unspecified atom stereocenters. The highest BCUT2D eigenvalue weighted by molar-refractivity contribution is 5.85. The van der Waals surface area contributed by atoms with Crippen LogP contribution in [0.3, 0.4) is 0 Å². The Morgan fingerprint density at radius 1 is 0.881 bits per heavy atom. The van der Waals surface area contributed by atoms with Crippen LogP contribution in [-0.2, 0) is 38.2 Å². The highest BCUT2D eigenvalue weighted by Crippen LogP contribution is 2.36. The predicted molar refractivity (Wildman–Crippen MR) is 147 cm³/mol. The second-order valence-corrected chi connectivity index (χ2v) is 10.2. The number of Topliss-reactive ketones (excluding diaryl/α,β-unsaturated/α-hetero) is 1. The first-order valence-corrected chi connectivity index (χ1v) is 14.7. The van der Waals surface area contributed by atoms with E-state index in [9.17, 15) is 39.3 Å². The van der Waals surface area contributed by atoms with Crippen LogP contribution in [0.15, 0.2) is 12.2 Å². The zero-order valence-corrected chi connectivity index (χ0v) is 24.6. The van der Waals surface area contributed by atoms with Gasteiger partial charge in [-0.1, -0.05) is 58.6 Å². The minimum atomic E-state index is -1.94. The third-order valence-corrected chi connectivity index (χ3v) is 7.06. The van der Waals surface area contributed by atoms with Gasteiger partial charge >= 0.3 is 23.9 Å². The van der Waals surface area contributed by atoms with Gasteiger partial charge in [-0.25, -0.2) is 4.79 Å². The Morgan fingerprint density at radius 3 is 2.10 bits per heavy atom. The molecule has 1 aliphatic carbocycles. The van der Waals surface area contributed by atoms with E-state index in [-0.39, 0.29) is 30.5 Å². The maximum absolute atomic E-state index is 12.8. The quantitative estimate of drug-likeness (QED) is 0.0973. The van der Waals surface area contributed by atoms with Crippen molar-refractivity contribution in [1.82, 2.24) is 0 Å². The van der Waals surface area contributed by atoms with E-state index < -0.39 is 73.5 Å². The summed E-state index contributed by atoms with van der Waals surface area (Å²) in [5.74, 6) is -4.92. The summed E-state index contributed by atoms with van der Waals surface area (Å²) in [6.45, 7) is 6.01. The van der Waals surface area contributed by atoms with Crippen molar-refractivity contribution in [3.63, 3.8) is 0 Å². The van der Waals surface area contributed by atoms with Gasteiger partial charge in [0.1, 0.15) is 30.2 Å². The molecule has 8 atom stereocenters. The maximum Gasteiger partial charge on any atom is 0.335 e. The summed E-state index contributed by atoms with van der Waals surface area (Å²) in [6, 6.07) is 0. The molecule has 2 rings (SSSR count). The first-order chi connectivity index (χ1) is 20.0. The molecular weight excluding hydrogens is 556 g/mol. The minimum Gasteiger partial charge on any atom is -0.481 e. The molecule has 2 fully saturated rings. The van der Waals surface area contributed by atoms with Gasteiger partial charge in [0, 0.05) is 24.7 Å². The molecule has 0 aromatic rings. The van der Waals surface area contributed by atoms with Gasteiger partial charge in [-0.15, -0.1) is 0 Å². The molecule has 1 heterocycles. The van der Waals surface area contributed by atoms with E-state index in [0.717, 1.165) is 32.1 Å². The first kappa shape index (κ1) is 37.2. The number of ketones is 1. The van der Waals surface area contributed by atoms with E-state index in [2.05, 4.69) is 0 Å². The Morgan fingerprint density at radius 2 is 1.50 bits per heavy atom. The third-order valence-electron chi connectivity index (χ3n) is 7.06. The Kier molecular flexibility index (Phi) is 17.1. The molecular formula is C29H46O13. The Hall–Kier alpha value is -2.87. The lowest BCUT2D eigenvalue weighted by atomic mass is 9.88. The number of allylic oxidation sites excluding steroid dienone is 1. The highest BCUT2D eigenvalue weighted by atomic mass is 16.7. The zero-order valence-electron chi connectivity index (χ0n) is 24.6. The second-order valence-electron chi connectivity index (χ2n) is 10.2. The molecule has 0 aromatic heterocycles. The van der Waals surface area contributed by atoms with Crippen LogP contribution in [0.5, 0.6) is 0 Å². The molecule has 42 heavy (non-hydrogen) atoms. The van der Waals surface area contributed by atoms with Gasteiger partial charge in [0.2, 0.25) is 6.29 Å². The van der Waals surface area contributed by atoms with Crippen LogP contribution in [-0.4, -0.2) is 92.0 Å². The van der Waals surface area contributed by atoms with Crippen molar-refractivity contribution in [3.05, 3.63) is 12.2 Å². The van der Waals surface area contributed by atoms with Gasteiger partial charge in [-0.3, -0.25) is 19.2 Å². The smallest absolute Gasteiger partial charge is 0.335 e. The highest BCUT2D eigenvalue weighted by Gasteiger charge is 2.48. The average Bonchev–Trinajstić information content (AvgIpc) is 3.23. The molecule has 2 aliphatic rings. The van der Waals surface area contributed by atoms with Crippen molar-refractivity contribution < 1.29 is 63.7 Å². The number of carbonyl (C=O) groups is 5. The molecule has 5 N–H and O–H groups in total. The van der Waals surface area contributed by atoms with Crippen LogP contribution < -0.4 is 0 Å². The Labute approximate surface area is 245 Å². The van der Waals surface area contributed by atoms with Crippen LogP contribution in [0.1, 0.15) is 91.4 Å². The molecule has 1 aliphatic heterocycles. The lowest BCUT2D eigenvalue weighted by Gasteiger charge is -2.37. The van der Waals surface area contributed by atoms with Crippen LogP contribution in [0.2, 0.25) is 0 Å². The summed E-state index contributed by atoms with van der Waals surface area (Å²) >= 11 is 0. The fourth-order valence-corrected chi connectivity index (χ4v) is 4.88. The van der Waals surface area contributed by atoms with Gasteiger partial charge < -0.3 is 39.7 Å². The largest absolute Gasteiger partial charge is 0.481 e. The normalized spacial score (nSPS) is 29.0. The minimum absolute atomic E-state index is 0.0222. The predicted octanol–water partition coefficient (Wildman–Crippen LogP) is 2.13. The summed E-state index contributed by atoms with van der Waals surface area (Å²) in [6.07, 6.45) is -2.06. The van der Waals surface area contributed by atoms with Gasteiger partial charge in [0.05, 0.1) is 12.8 Å². The Bertz CT molecular complexity index is 917. The number of aliphatic hydroxyl groups excluding tert-OH is 3. The molecule has 13 nitrogen and oxygen atoms in total. The monoisotopic (exact) mass is 602 g/mol. The number of unbranched alkanes of at least 4 members (excludes halogenated alkanes) is 4. The van der Waals surface area contributed by atoms with Gasteiger partial charge in [0.15, 0.2) is 6.10 Å². The number of ether oxygens (including phenoxy) is 3. The topological polar surface area (TPSA) is 214 Å². The van der Waals surface area contributed by atoms with Crippen LogP contribution in [0.4, 0.5) is 0 Å². The molecule has 0 amide bonds. The molecule has 0 radical (unpaired) electrons. The summed E-state index contributed by atoms with van der Waals surface area (Å²) in [4.78, 5) is 59.3. The molecule has 0 spiro atoms. The van der Waals surface area contributed by atoms with Gasteiger partial charge in [-0.2, -0.15) is 0 Å². The van der Waals surface area contributed by atoms with Crippen LogP contribution in [0.25, 0.3) is 0 Å². The van der Waals surface area contributed by atoms with Crippen molar-refractivity contribution >= 4 is 29.7 Å². The summed E-state index contributed by atoms with van der Waals surface area (Å²) < 4.78 is 15.3. The molecule has 1 saturated carbocycles. The number of aliphatic hydroxyl groups is 3. The molecule has 0 bridgehead atoms. The van der Waals surface area contributed by atoms with Crippen molar-refractivity contribution in [1.29, 1.82) is 0 Å². The van der Waals surface area contributed by atoms with E-state index in [1.807, 2.05) is 32.9 Å². The zero-order chi connectivity index (χ0) is 31.8. The number of esters is 2. The molecule has 1 saturated heterocycles. The van der Waals surface area contributed by atoms with Crippen molar-refractivity contribution in [3.8, 4) is 0 Å². The number of carboxylic acids is 2. The SMILES string of the molecule is CC.CCCC=CC1C(OC(=O)CCC(=O)OC2O[C@H](C(=O)O)[C@@H](O)[C@H](O)[C@H]2O)CC(=O)C1CCCCCCC(=O)O. The maximum atomic E-state index is 12.8. The lowest BCUT2D eigenvalue weighted by molar-refractivity contribution is -0.286. The van der Waals surface area contributed by atoms with Gasteiger partial charge in [-0.05, 0) is 19.3 Å². The summed E-state index contributed by atoms with van der Waals surface area (Å²) in [5.41, 5.74) is 0. The average molecular weight is 603 g/mol. The van der Waals surface area contributed by atoms with E-state index in [1.165, 1.54) is 0 Å². The molecule has 13 heteroatoms. The molecule has 0 aromatic carbocycles. The van der Waals surface area contributed by atoms with Crippen LogP contribution in [0, 0.1) is 11.8 Å². The van der Waals surface area contributed by atoms with E-state index >= 15 is 0 Å². The van der Waals surface area contributed by atoms with E-state index in [0.29, 0.717) is 12.8 Å². The fraction of sp³-hybridized carbons (Fsp3) is 0.759. The number of carboxylic acid groups (broad SMARTS) is 2. The van der Waals surface area contributed by atoms with Crippen molar-refractivity contribution in [2.45, 2.75) is 128 Å². The Balaban J connectivity index is 0.00000431. The van der Waals surface area contributed by atoms with Gasteiger partial charge in [0.25, 0.3) is 0 Å². The number of hydrogen-bond acceptors (Lipinski definition) is 11. The number of aliphatic carboxylic acids is 2. The standard InChI is InChI=1S/C27H40O13.C2H6/c1-2-3-6-10-16-15(9-7-4-5-8-11-19(29)30)17(28)14-18(16)38-20(31)12-13-21(32)39-27-24(35)22(33)23(34)25(40-27)26(36)37;1-2/h6,10,15-16,18,22-25,27,33-35H,2-5,7-9,11-14H2,1H3,(H,29,30)(H,36,37);1-2H3/t15?,16?,18?,22-,23-,24+,25-,27?;/m0./s1. The fourth-order valence-electron chi connectivity index (χ4n) is 4.88. The number of carbonyl (C=O) groups excluding carboxylic acids is 3. The first-order valence-electron chi connectivity index (χ1n) is 14.7. The lowest BCUT2D eigenvalue weighted by Crippen LogP contribution is -2.60. The van der Waals surface area contributed by atoms with Crippen molar-refractivity contribution in [2.75, 3.05) is 0 Å². The summed E-state index contributed by atoms with van der Waals surface area (Å²) in [7, 11) is 0. The van der Waals surface area contributed by atoms with Crippen LogP contribution >= 0.6 is 0 Å². The number of rotatable bonds is 16. The molecule has 240 valence electrons. The van der Waals surface area contributed by atoms with E-state index in [1.54, 1.807) is 0 Å². The second kappa shape index (κ2) is 19.3. The number of hydrogen-bond donors (Lipinski definition) is 5. The van der Waals surface area contributed by atoms with Crippen molar-refractivity contribution in [2.24, 2.45) is 11.8 Å². The third kappa shape index (κ3) is 11.8. The summed E-state index contributed by atoms with van der Waals surface area (Å²) in [5, 5.41) is 47.3. The van der Waals surface area contributed by atoms with E-state index in [4.69, 9.17) is 24.4 Å².